The zero-order valence-corrected chi connectivity index (χ0v) is 27.1. The van der Waals surface area contributed by atoms with Crippen molar-refractivity contribution in [2.24, 2.45) is 0 Å². The first-order valence-corrected chi connectivity index (χ1v) is 15.8. The molecule has 0 aromatic heterocycles. The summed E-state index contributed by atoms with van der Waals surface area (Å²) >= 11 is 0. The van der Waals surface area contributed by atoms with Crippen molar-refractivity contribution in [3.05, 3.63) is 89.5 Å². The Bertz CT molecular complexity index is 1070. The molecule has 3 rings (SSSR count). The van der Waals surface area contributed by atoms with Crippen LogP contribution in [0.5, 0.6) is 0 Å². The third-order valence-corrected chi connectivity index (χ3v) is 6.65. The first kappa shape index (κ1) is 40.5. The van der Waals surface area contributed by atoms with E-state index in [2.05, 4.69) is 0 Å². The maximum Gasteiger partial charge on any atom is 0.488 e. The minimum Gasteiger partial charge on any atom is -0.423 e. The van der Waals surface area contributed by atoms with Crippen LogP contribution < -0.4 is 16.4 Å². The summed E-state index contributed by atoms with van der Waals surface area (Å²) < 4.78 is 15.7. The van der Waals surface area contributed by atoms with E-state index >= 15 is 0 Å². The van der Waals surface area contributed by atoms with Crippen LogP contribution in [0.1, 0.15) is 56.7 Å². The number of hydrogen-bond donors (Lipinski definition) is 6. The smallest absolute Gasteiger partial charge is 0.423 e. The summed E-state index contributed by atoms with van der Waals surface area (Å²) in [6.07, 6.45) is 5.68. The van der Waals surface area contributed by atoms with Crippen molar-refractivity contribution in [2.45, 2.75) is 59.3 Å². The third kappa shape index (κ3) is 19.6. The maximum absolute atomic E-state index is 8.99. The van der Waals surface area contributed by atoms with Gasteiger partial charge in [0.15, 0.2) is 0 Å². The fourth-order valence-corrected chi connectivity index (χ4v) is 4.24. The van der Waals surface area contributed by atoms with Gasteiger partial charge >= 0.3 is 21.4 Å². The summed E-state index contributed by atoms with van der Waals surface area (Å²) in [7, 11) is -4.13. The van der Waals surface area contributed by atoms with Crippen LogP contribution in [0.2, 0.25) is 0 Å². The molecule has 246 valence electrons. The van der Waals surface area contributed by atoms with Crippen molar-refractivity contribution >= 4 is 37.7 Å². The van der Waals surface area contributed by atoms with Gasteiger partial charge in [0.2, 0.25) is 0 Å². The van der Waals surface area contributed by atoms with Crippen molar-refractivity contribution in [3.8, 4) is 0 Å². The van der Waals surface area contributed by atoms with Gasteiger partial charge < -0.3 is 44.4 Å². The minimum absolute atomic E-state index is 0.531. The molecule has 0 amide bonds. The Morgan fingerprint density at radius 1 is 0.444 bits per heavy atom. The highest BCUT2D eigenvalue weighted by atomic mass is 16.5. The highest BCUT2D eigenvalue weighted by Crippen LogP contribution is 2.04. The summed E-state index contributed by atoms with van der Waals surface area (Å²) in [4.78, 5) is 0. The summed E-state index contributed by atoms with van der Waals surface area (Å²) in [6.45, 7) is 10.5. The molecule has 6 N–H and O–H groups in total. The topological polar surface area (TPSA) is 149 Å². The van der Waals surface area contributed by atoms with Crippen molar-refractivity contribution < 1.29 is 44.4 Å². The largest absolute Gasteiger partial charge is 0.488 e. The zero-order chi connectivity index (χ0) is 33.3. The monoisotopic (exact) mass is 624 g/mol. The zero-order valence-electron chi connectivity index (χ0n) is 27.1. The van der Waals surface area contributed by atoms with Crippen LogP contribution >= 0.6 is 0 Å². The van der Waals surface area contributed by atoms with Gasteiger partial charge in [0.1, 0.15) is 0 Å². The standard InChI is InChI=1S/3C11H17BO3/c2*1-2-15-8-4-6-10-5-3-7-11(9-10)12(13)14;1-2-15-9-3-4-10-5-7-11(8-6-10)12(13)14/h2*3,5,7,9,13-14H,2,4,6,8H2,1H3;5-8,13-14H,2-4,9H2,1H3. The molecule has 45 heavy (non-hydrogen) atoms. The quantitative estimate of drug-likeness (QED) is 0.0902. The lowest BCUT2D eigenvalue weighted by molar-refractivity contribution is 0.145. The van der Waals surface area contributed by atoms with E-state index in [0.29, 0.717) is 16.4 Å². The molecule has 0 aliphatic rings. The van der Waals surface area contributed by atoms with Crippen molar-refractivity contribution in [2.75, 3.05) is 39.6 Å². The molecule has 3 aromatic carbocycles. The lowest BCUT2D eigenvalue weighted by Crippen LogP contribution is -2.29. The van der Waals surface area contributed by atoms with Crippen molar-refractivity contribution in [1.29, 1.82) is 0 Å². The highest BCUT2D eigenvalue weighted by Gasteiger charge is 2.11. The Kier molecular flexibility index (Phi) is 23.1. The van der Waals surface area contributed by atoms with Gasteiger partial charge in [-0.15, -0.1) is 0 Å². The van der Waals surface area contributed by atoms with Crippen LogP contribution in [0.3, 0.4) is 0 Å². The predicted octanol–water partition coefficient (Wildman–Crippen LogP) is 1.01. The van der Waals surface area contributed by atoms with Crippen LogP contribution in [0.4, 0.5) is 0 Å². The normalized spacial score (nSPS) is 10.3. The second kappa shape index (κ2) is 25.7. The Hall–Kier alpha value is -2.51. The number of aryl methyl sites for hydroxylation is 3. The first-order valence-electron chi connectivity index (χ1n) is 15.8. The molecule has 0 aliphatic heterocycles. The highest BCUT2D eigenvalue weighted by molar-refractivity contribution is 6.59. The minimum atomic E-state index is -1.38. The van der Waals surface area contributed by atoms with Gasteiger partial charge in [-0.1, -0.05) is 72.8 Å². The second-order valence-electron chi connectivity index (χ2n) is 10.3. The molecule has 0 saturated heterocycles. The Labute approximate surface area is 270 Å². The molecular formula is C33H51B3O9. The van der Waals surface area contributed by atoms with Crippen LogP contribution in [-0.2, 0) is 33.5 Å². The van der Waals surface area contributed by atoms with E-state index in [-0.39, 0.29) is 0 Å². The summed E-state index contributed by atoms with van der Waals surface area (Å²) in [5.74, 6) is 0. The van der Waals surface area contributed by atoms with Gasteiger partial charge in [0.25, 0.3) is 0 Å². The lowest BCUT2D eigenvalue weighted by atomic mass is 9.79. The fourth-order valence-electron chi connectivity index (χ4n) is 4.24. The van der Waals surface area contributed by atoms with Crippen molar-refractivity contribution in [1.82, 2.24) is 0 Å². The third-order valence-electron chi connectivity index (χ3n) is 6.65. The van der Waals surface area contributed by atoms with E-state index in [0.717, 1.165) is 89.3 Å². The number of benzene rings is 3. The number of hydrogen-bond acceptors (Lipinski definition) is 9. The Morgan fingerprint density at radius 3 is 1.13 bits per heavy atom. The Balaban J connectivity index is 0.000000337. The average molecular weight is 624 g/mol. The van der Waals surface area contributed by atoms with Crippen LogP contribution in [0.15, 0.2) is 72.8 Å². The van der Waals surface area contributed by atoms with E-state index in [1.54, 1.807) is 24.3 Å². The van der Waals surface area contributed by atoms with E-state index < -0.39 is 21.4 Å². The lowest BCUT2D eigenvalue weighted by Gasteiger charge is -2.04. The molecule has 12 heteroatoms. The maximum atomic E-state index is 8.99. The van der Waals surface area contributed by atoms with E-state index in [4.69, 9.17) is 44.4 Å². The van der Waals surface area contributed by atoms with Gasteiger partial charge in [-0.25, -0.2) is 0 Å². The second-order valence-corrected chi connectivity index (χ2v) is 10.3. The van der Waals surface area contributed by atoms with Gasteiger partial charge in [-0.3, -0.25) is 0 Å². The number of rotatable bonds is 18. The van der Waals surface area contributed by atoms with Crippen molar-refractivity contribution in [3.63, 3.8) is 0 Å². The molecule has 0 heterocycles. The molecule has 0 saturated carbocycles. The summed E-state index contributed by atoms with van der Waals surface area (Å²) in [5, 5.41) is 53.7. The average Bonchev–Trinajstić information content (AvgIpc) is 3.04. The van der Waals surface area contributed by atoms with Gasteiger partial charge in [0.05, 0.1) is 0 Å². The molecule has 0 spiro atoms. The molecule has 0 fully saturated rings. The Morgan fingerprint density at radius 2 is 0.800 bits per heavy atom. The molecule has 0 radical (unpaired) electrons. The van der Waals surface area contributed by atoms with Gasteiger partial charge in [0, 0.05) is 39.6 Å². The van der Waals surface area contributed by atoms with Crippen LogP contribution in [0.25, 0.3) is 0 Å². The summed E-state index contributed by atoms with van der Waals surface area (Å²) in [5.41, 5.74) is 5.04. The van der Waals surface area contributed by atoms with Crippen LogP contribution in [-0.4, -0.2) is 91.1 Å². The van der Waals surface area contributed by atoms with E-state index in [9.17, 15) is 0 Å². The van der Waals surface area contributed by atoms with Gasteiger partial charge in [-0.05, 0) is 92.4 Å². The molecule has 3 aromatic rings. The SMILES string of the molecule is CCOCCCc1ccc(B(O)O)cc1.CCOCCCc1cccc(B(O)O)c1.CCOCCCc1cccc(B(O)O)c1. The predicted molar refractivity (Wildman–Crippen MR) is 183 cm³/mol. The van der Waals surface area contributed by atoms with Crippen LogP contribution in [0, 0.1) is 0 Å². The molecular weight excluding hydrogens is 573 g/mol. The summed E-state index contributed by atoms with van der Waals surface area (Å²) in [6, 6.07) is 22.0. The molecule has 0 bridgehead atoms. The van der Waals surface area contributed by atoms with E-state index in [1.807, 2.05) is 69.3 Å². The molecule has 0 aliphatic carbocycles. The number of ether oxygens (including phenoxy) is 3. The first-order chi connectivity index (χ1) is 21.7. The molecule has 0 atom stereocenters. The molecule has 9 nitrogen and oxygen atoms in total. The molecule has 0 unspecified atom stereocenters. The van der Waals surface area contributed by atoms with E-state index in [1.165, 1.54) is 5.56 Å². The van der Waals surface area contributed by atoms with Gasteiger partial charge in [-0.2, -0.15) is 0 Å². The fraction of sp³-hybridized carbons (Fsp3) is 0.455.